The van der Waals surface area contributed by atoms with E-state index in [1.807, 2.05) is 29.3 Å². The van der Waals surface area contributed by atoms with Crippen molar-refractivity contribution in [2.24, 2.45) is 0 Å². The fourth-order valence-electron chi connectivity index (χ4n) is 2.94. The number of pyridine rings is 1. The summed E-state index contributed by atoms with van der Waals surface area (Å²) in [5.74, 6) is -2.40. The van der Waals surface area contributed by atoms with E-state index in [1.165, 1.54) is 0 Å². The first kappa shape index (κ1) is 23.6. The maximum atomic E-state index is 12.8. The molecule has 1 aromatic carbocycles. The summed E-state index contributed by atoms with van der Waals surface area (Å²) in [5, 5.41) is 14.8. The third-order valence-corrected chi connectivity index (χ3v) is 4.55. The summed E-state index contributed by atoms with van der Waals surface area (Å²) in [6.07, 6.45) is 1.81. The highest BCUT2D eigenvalue weighted by Gasteiger charge is 2.23. The largest absolute Gasteiger partial charge is 0.497 e. The maximum Gasteiger partial charge on any atom is 0.414 e. The lowest BCUT2D eigenvalue weighted by atomic mass is 10.1. The molecule has 10 nitrogen and oxygen atoms in total. The van der Waals surface area contributed by atoms with Gasteiger partial charge in [-0.25, -0.2) is 9.59 Å². The highest BCUT2D eigenvalue weighted by Crippen LogP contribution is 2.24. The van der Waals surface area contributed by atoms with Gasteiger partial charge in [-0.2, -0.15) is 0 Å². The minimum absolute atomic E-state index is 0.00897. The van der Waals surface area contributed by atoms with E-state index >= 15 is 0 Å². The van der Waals surface area contributed by atoms with Crippen LogP contribution in [0.2, 0.25) is 0 Å². The van der Waals surface area contributed by atoms with Crippen LogP contribution >= 0.6 is 0 Å². The van der Waals surface area contributed by atoms with Gasteiger partial charge < -0.3 is 24.6 Å². The molecular formula is C21H25N3O7. The summed E-state index contributed by atoms with van der Waals surface area (Å²) >= 11 is 0. The number of nitrogens with zero attached hydrogens (tertiary/aromatic N) is 3. The molecule has 2 aromatic rings. The summed E-state index contributed by atoms with van der Waals surface area (Å²) in [6.45, 7) is 3.89. The monoisotopic (exact) mass is 431 g/mol. The number of hydrogen-bond donors (Lipinski definition) is 2. The SMILES string of the molecule is COc1cc(OC)cc(C(=O)N2CCN(Cc3ccccn3)CC2)c1.O=C(O)C(=O)O. The number of aliphatic carboxylic acids is 2. The molecule has 0 radical (unpaired) electrons. The van der Waals surface area contributed by atoms with Gasteiger partial charge in [-0.15, -0.1) is 0 Å². The van der Waals surface area contributed by atoms with E-state index in [0.717, 1.165) is 25.3 Å². The minimum Gasteiger partial charge on any atom is -0.497 e. The molecule has 3 rings (SSSR count). The average Bonchev–Trinajstić information content (AvgIpc) is 2.79. The van der Waals surface area contributed by atoms with E-state index in [0.29, 0.717) is 30.2 Å². The quantitative estimate of drug-likeness (QED) is 0.671. The van der Waals surface area contributed by atoms with Crippen molar-refractivity contribution in [2.75, 3.05) is 40.4 Å². The van der Waals surface area contributed by atoms with Crippen molar-refractivity contribution in [1.29, 1.82) is 0 Å². The molecular weight excluding hydrogens is 406 g/mol. The Kier molecular flexibility index (Phi) is 8.77. The molecule has 1 fully saturated rings. The van der Waals surface area contributed by atoms with Crippen LogP contribution in [0.3, 0.4) is 0 Å². The summed E-state index contributed by atoms with van der Waals surface area (Å²) < 4.78 is 10.5. The van der Waals surface area contributed by atoms with E-state index < -0.39 is 11.9 Å². The van der Waals surface area contributed by atoms with Gasteiger partial charge in [0.1, 0.15) is 11.5 Å². The van der Waals surface area contributed by atoms with E-state index in [1.54, 1.807) is 32.4 Å². The Bertz CT molecular complexity index is 863. The Morgan fingerprint density at radius 3 is 1.97 bits per heavy atom. The van der Waals surface area contributed by atoms with Crippen LogP contribution < -0.4 is 9.47 Å². The zero-order valence-corrected chi connectivity index (χ0v) is 17.4. The number of aromatic nitrogens is 1. The number of carbonyl (C=O) groups excluding carboxylic acids is 1. The number of piperazine rings is 1. The van der Waals surface area contributed by atoms with E-state index in [9.17, 15) is 4.79 Å². The van der Waals surface area contributed by atoms with Crippen LogP contribution in [0.25, 0.3) is 0 Å². The Hall–Kier alpha value is -3.66. The molecule has 2 N–H and O–H groups in total. The summed E-state index contributed by atoms with van der Waals surface area (Å²) in [5.41, 5.74) is 1.65. The number of amides is 1. The number of ether oxygens (including phenoxy) is 2. The van der Waals surface area contributed by atoms with Gasteiger partial charge in [0.25, 0.3) is 5.91 Å². The number of benzene rings is 1. The third-order valence-electron chi connectivity index (χ3n) is 4.55. The standard InChI is InChI=1S/C19H23N3O3.C2H2O4/c1-24-17-11-15(12-18(13-17)25-2)19(23)22-9-7-21(8-10-22)14-16-5-3-4-6-20-16;3-1(4)2(5)6/h3-6,11-13H,7-10,14H2,1-2H3;(H,3,4)(H,5,6). The normalized spacial score (nSPS) is 13.5. The first-order chi connectivity index (χ1) is 14.8. The summed E-state index contributed by atoms with van der Waals surface area (Å²) in [6, 6.07) is 11.2. The fourth-order valence-corrected chi connectivity index (χ4v) is 2.94. The lowest BCUT2D eigenvalue weighted by Crippen LogP contribution is -2.48. The number of rotatable bonds is 5. The first-order valence-corrected chi connectivity index (χ1v) is 9.45. The highest BCUT2D eigenvalue weighted by molar-refractivity contribution is 6.27. The van der Waals surface area contributed by atoms with Crippen molar-refractivity contribution in [1.82, 2.24) is 14.8 Å². The van der Waals surface area contributed by atoms with Crippen LogP contribution in [0.4, 0.5) is 0 Å². The molecule has 1 aliphatic rings. The average molecular weight is 431 g/mol. The smallest absolute Gasteiger partial charge is 0.414 e. The minimum atomic E-state index is -1.82. The third kappa shape index (κ3) is 7.27. The summed E-state index contributed by atoms with van der Waals surface area (Å²) in [4.78, 5) is 39.5. The van der Waals surface area contributed by atoms with Crippen molar-refractivity contribution in [2.45, 2.75) is 6.54 Å². The van der Waals surface area contributed by atoms with Crippen LogP contribution in [0, 0.1) is 0 Å². The predicted octanol–water partition coefficient (Wildman–Crippen LogP) is 1.21. The Labute approximate surface area is 179 Å². The van der Waals surface area contributed by atoms with E-state index in [2.05, 4.69) is 9.88 Å². The number of methoxy groups -OCH3 is 2. The number of carbonyl (C=O) groups is 3. The molecule has 1 aliphatic heterocycles. The van der Waals surface area contributed by atoms with Crippen molar-refractivity contribution in [3.05, 3.63) is 53.9 Å². The molecule has 0 bridgehead atoms. The molecule has 0 saturated carbocycles. The highest BCUT2D eigenvalue weighted by atomic mass is 16.5. The molecule has 1 saturated heterocycles. The first-order valence-electron chi connectivity index (χ1n) is 9.45. The van der Waals surface area contributed by atoms with Gasteiger partial charge in [-0.3, -0.25) is 14.7 Å². The Balaban J connectivity index is 0.000000501. The van der Waals surface area contributed by atoms with Crippen molar-refractivity contribution >= 4 is 17.8 Å². The zero-order valence-electron chi connectivity index (χ0n) is 17.4. The number of carboxylic acids is 2. The van der Waals surface area contributed by atoms with Gasteiger partial charge in [0.2, 0.25) is 0 Å². The number of carboxylic acid groups (broad SMARTS) is 2. The van der Waals surface area contributed by atoms with Crippen molar-refractivity contribution in [3.63, 3.8) is 0 Å². The van der Waals surface area contributed by atoms with Gasteiger partial charge in [0, 0.05) is 50.6 Å². The molecule has 1 amide bonds. The van der Waals surface area contributed by atoms with E-state index in [4.69, 9.17) is 29.3 Å². The molecule has 166 valence electrons. The van der Waals surface area contributed by atoms with Crippen molar-refractivity contribution in [3.8, 4) is 11.5 Å². The molecule has 0 aliphatic carbocycles. The summed E-state index contributed by atoms with van der Waals surface area (Å²) in [7, 11) is 3.17. The molecule has 0 spiro atoms. The Morgan fingerprint density at radius 2 is 1.52 bits per heavy atom. The second kappa shape index (κ2) is 11.5. The molecule has 0 unspecified atom stereocenters. The van der Waals surface area contributed by atoms with Gasteiger partial charge in [-0.1, -0.05) is 6.07 Å². The molecule has 2 heterocycles. The predicted molar refractivity (Wildman–Crippen MR) is 110 cm³/mol. The lowest BCUT2D eigenvalue weighted by Gasteiger charge is -2.34. The zero-order chi connectivity index (χ0) is 22.8. The van der Waals surface area contributed by atoms with Crippen molar-refractivity contribution < 1.29 is 34.1 Å². The molecule has 10 heteroatoms. The molecule has 31 heavy (non-hydrogen) atoms. The maximum absolute atomic E-state index is 12.8. The second-order valence-corrected chi connectivity index (χ2v) is 6.60. The molecule has 0 atom stereocenters. The van der Waals surface area contributed by atoms with Gasteiger partial charge in [0.05, 0.1) is 19.9 Å². The Morgan fingerprint density at radius 1 is 0.935 bits per heavy atom. The van der Waals surface area contributed by atoms with Crippen LogP contribution in [0.1, 0.15) is 16.1 Å². The van der Waals surface area contributed by atoms with Crippen LogP contribution in [-0.4, -0.2) is 83.2 Å². The van der Waals surface area contributed by atoms with Gasteiger partial charge >= 0.3 is 11.9 Å². The number of hydrogen-bond acceptors (Lipinski definition) is 7. The fraction of sp³-hybridized carbons (Fsp3) is 0.333. The van der Waals surface area contributed by atoms with Gasteiger partial charge in [-0.05, 0) is 24.3 Å². The van der Waals surface area contributed by atoms with E-state index in [-0.39, 0.29) is 5.91 Å². The van der Waals surface area contributed by atoms with Crippen LogP contribution in [0.15, 0.2) is 42.6 Å². The van der Waals surface area contributed by atoms with Gasteiger partial charge in [0.15, 0.2) is 0 Å². The van der Waals surface area contributed by atoms with Crippen LogP contribution in [0.5, 0.6) is 11.5 Å². The van der Waals surface area contributed by atoms with Crippen LogP contribution in [-0.2, 0) is 16.1 Å². The molecule has 1 aromatic heterocycles. The topological polar surface area (TPSA) is 130 Å². The lowest BCUT2D eigenvalue weighted by molar-refractivity contribution is -0.159. The second-order valence-electron chi connectivity index (χ2n) is 6.60.